The van der Waals surface area contributed by atoms with Crippen LogP contribution in [0.2, 0.25) is 0 Å². The van der Waals surface area contributed by atoms with E-state index in [0.717, 1.165) is 6.07 Å². The summed E-state index contributed by atoms with van der Waals surface area (Å²) in [6, 6.07) is 8.92. The molecule has 2 fully saturated rings. The van der Waals surface area contributed by atoms with Crippen LogP contribution in [0.1, 0.15) is 28.9 Å². The van der Waals surface area contributed by atoms with E-state index in [1.54, 1.807) is 11.0 Å². The van der Waals surface area contributed by atoms with Crippen LogP contribution in [0.15, 0.2) is 54.9 Å². The third-order valence-corrected chi connectivity index (χ3v) is 6.01. The first-order chi connectivity index (χ1) is 15.8. The Bertz CT molecular complexity index is 1190. The van der Waals surface area contributed by atoms with Crippen molar-refractivity contribution < 1.29 is 27.1 Å². The predicted octanol–water partition coefficient (Wildman–Crippen LogP) is 4.38. The van der Waals surface area contributed by atoms with E-state index in [1.807, 2.05) is 0 Å². The number of hydrogen-bond acceptors (Lipinski definition) is 5. The second kappa shape index (κ2) is 8.09. The van der Waals surface area contributed by atoms with Crippen LogP contribution < -0.4 is 4.74 Å². The van der Waals surface area contributed by atoms with Gasteiger partial charge in [0.1, 0.15) is 17.6 Å². The fourth-order valence-electron chi connectivity index (χ4n) is 4.63. The molecule has 170 valence electrons. The Morgan fingerprint density at radius 1 is 1.03 bits per heavy atom. The Labute approximate surface area is 186 Å². The first-order valence-electron chi connectivity index (χ1n) is 10.4. The van der Waals surface area contributed by atoms with Gasteiger partial charge in [-0.1, -0.05) is 12.1 Å². The van der Waals surface area contributed by atoms with E-state index in [1.165, 1.54) is 42.7 Å². The van der Waals surface area contributed by atoms with E-state index in [4.69, 9.17) is 4.74 Å². The average molecular weight is 458 g/mol. The highest BCUT2D eigenvalue weighted by Crippen LogP contribution is 2.41. The second-order valence-corrected chi connectivity index (χ2v) is 8.11. The Hall–Kier alpha value is -3.56. The Balaban J connectivity index is 1.40. The fraction of sp³-hybridized carbons (Fsp3) is 0.304. The number of carbonyl (C=O) groups is 1. The van der Waals surface area contributed by atoms with Gasteiger partial charge in [0.15, 0.2) is 5.82 Å². The quantitative estimate of drug-likeness (QED) is 0.543. The number of ether oxygens (including phenoxy) is 1. The number of hydrogen-bond donors (Lipinski definition) is 0. The Morgan fingerprint density at radius 3 is 2.52 bits per heavy atom. The average Bonchev–Trinajstić information content (AvgIpc) is 3.39. The molecule has 1 aliphatic carbocycles. The molecule has 1 saturated carbocycles. The van der Waals surface area contributed by atoms with E-state index in [0.29, 0.717) is 19.4 Å². The van der Waals surface area contributed by atoms with Gasteiger partial charge in [0.25, 0.3) is 5.91 Å². The smallest absolute Gasteiger partial charge is 0.433 e. The summed E-state index contributed by atoms with van der Waals surface area (Å²) in [5.41, 5.74) is -0.893. The van der Waals surface area contributed by atoms with Gasteiger partial charge in [-0.2, -0.15) is 13.2 Å². The number of rotatable bonds is 4. The molecule has 3 aromatic rings. The molecule has 2 bridgehead atoms. The normalized spacial score (nSPS) is 21.9. The van der Waals surface area contributed by atoms with Crippen LogP contribution in [0.25, 0.3) is 11.4 Å². The summed E-state index contributed by atoms with van der Waals surface area (Å²) in [5, 5.41) is 0. The number of benzene rings is 1. The van der Waals surface area contributed by atoms with Gasteiger partial charge in [0.05, 0.1) is 17.2 Å². The highest BCUT2D eigenvalue weighted by Gasteiger charge is 2.49. The summed E-state index contributed by atoms with van der Waals surface area (Å²) in [6.45, 7) is 0.463. The van der Waals surface area contributed by atoms with Crippen LogP contribution in [-0.2, 0) is 6.18 Å². The molecule has 1 aromatic carbocycles. The fourth-order valence-corrected chi connectivity index (χ4v) is 4.63. The van der Waals surface area contributed by atoms with Crippen molar-refractivity contribution in [3.63, 3.8) is 0 Å². The van der Waals surface area contributed by atoms with Crippen molar-refractivity contribution in [1.82, 2.24) is 19.9 Å². The number of halogens is 4. The topological polar surface area (TPSA) is 68.2 Å². The minimum Gasteiger partial charge on any atom is -0.472 e. The van der Waals surface area contributed by atoms with Gasteiger partial charge >= 0.3 is 6.18 Å². The first kappa shape index (κ1) is 21.3. The lowest BCUT2D eigenvalue weighted by Crippen LogP contribution is -2.47. The van der Waals surface area contributed by atoms with Crippen LogP contribution in [0.3, 0.4) is 0 Å². The SMILES string of the molecule is O=C(c1cccc(F)c1-c1ncccn1)N1C[C@H]2C[C@@H](Oc3cccc(C(F)(F)F)n3)[C@@H]1C2. The lowest BCUT2D eigenvalue weighted by Gasteiger charge is -2.33. The maximum Gasteiger partial charge on any atom is 0.433 e. The maximum atomic E-state index is 14.7. The predicted molar refractivity (Wildman–Crippen MR) is 109 cm³/mol. The Kier molecular flexibility index (Phi) is 5.22. The number of pyridine rings is 1. The summed E-state index contributed by atoms with van der Waals surface area (Å²) in [7, 11) is 0. The summed E-state index contributed by atoms with van der Waals surface area (Å²) in [5.74, 6) is -0.907. The van der Waals surface area contributed by atoms with Gasteiger partial charge in [-0.25, -0.2) is 19.3 Å². The number of fused-ring (bicyclic) bond motifs is 2. The molecule has 5 rings (SSSR count). The number of carbonyl (C=O) groups excluding carboxylic acids is 1. The number of nitrogens with zero attached hydrogens (tertiary/aromatic N) is 4. The zero-order valence-corrected chi connectivity index (χ0v) is 17.2. The summed E-state index contributed by atoms with van der Waals surface area (Å²) in [6.07, 6.45) is -0.900. The lowest BCUT2D eigenvalue weighted by atomic mass is 10.0. The molecule has 3 atom stereocenters. The molecule has 0 spiro atoms. The molecule has 0 N–H and O–H groups in total. The number of likely N-dealkylation sites (tertiary alicyclic amines) is 1. The van der Waals surface area contributed by atoms with Gasteiger partial charge in [-0.05, 0) is 43.0 Å². The van der Waals surface area contributed by atoms with Crippen molar-refractivity contribution >= 4 is 5.91 Å². The monoisotopic (exact) mass is 458 g/mol. The second-order valence-electron chi connectivity index (χ2n) is 8.11. The number of aromatic nitrogens is 3. The van der Waals surface area contributed by atoms with Crippen molar-refractivity contribution in [2.24, 2.45) is 5.92 Å². The first-order valence-corrected chi connectivity index (χ1v) is 10.4. The third-order valence-electron chi connectivity index (χ3n) is 6.01. The van der Waals surface area contributed by atoms with Crippen molar-refractivity contribution in [3.05, 3.63) is 71.9 Å². The standard InChI is InChI=1S/C23H18F4N4O2/c24-15-5-1-4-14(20(15)21-28-8-3-9-29-21)22(32)31-12-13-10-16(31)17(11-13)33-19-7-2-6-18(30-19)23(25,26)27/h1-9,13,16-17H,10-12H2/t13-,16+,17-/m1/s1. The van der Waals surface area contributed by atoms with E-state index >= 15 is 0 Å². The van der Waals surface area contributed by atoms with Crippen molar-refractivity contribution in [2.45, 2.75) is 31.2 Å². The Morgan fingerprint density at radius 2 is 1.79 bits per heavy atom. The van der Waals surface area contributed by atoms with Gasteiger partial charge in [-0.15, -0.1) is 0 Å². The van der Waals surface area contributed by atoms with Gasteiger partial charge in [0, 0.05) is 25.0 Å². The highest BCUT2D eigenvalue weighted by molar-refractivity contribution is 6.00. The molecule has 2 aromatic heterocycles. The molecule has 1 aliphatic heterocycles. The van der Waals surface area contributed by atoms with Crippen LogP contribution in [0.5, 0.6) is 5.88 Å². The van der Waals surface area contributed by atoms with E-state index in [9.17, 15) is 22.4 Å². The van der Waals surface area contributed by atoms with Gasteiger partial charge in [-0.3, -0.25) is 4.79 Å². The van der Waals surface area contributed by atoms with Crippen LogP contribution >= 0.6 is 0 Å². The lowest BCUT2D eigenvalue weighted by molar-refractivity contribution is -0.141. The molecule has 1 amide bonds. The van der Waals surface area contributed by atoms with Crippen LogP contribution in [0.4, 0.5) is 17.6 Å². The number of piperidine rings is 1. The van der Waals surface area contributed by atoms with Gasteiger partial charge in [0.2, 0.25) is 5.88 Å². The summed E-state index contributed by atoms with van der Waals surface area (Å²) in [4.78, 5) is 26.8. The summed E-state index contributed by atoms with van der Waals surface area (Å²) < 4.78 is 59.4. The number of alkyl halides is 3. The molecule has 6 nitrogen and oxygen atoms in total. The molecular weight excluding hydrogens is 440 g/mol. The minimum atomic E-state index is -4.58. The molecule has 0 unspecified atom stereocenters. The molecule has 3 heterocycles. The summed E-state index contributed by atoms with van der Waals surface area (Å²) >= 11 is 0. The van der Waals surface area contributed by atoms with Gasteiger partial charge < -0.3 is 9.64 Å². The number of amides is 1. The third kappa shape index (κ3) is 4.01. The molecular formula is C23H18F4N4O2. The molecule has 1 saturated heterocycles. The maximum absolute atomic E-state index is 14.7. The molecule has 33 heavy (non-hydrogen) atoms. The van der Waals surface area contributed by atoms with Crippen molar-refractivity contribution in [1.29, 1.82) is 0 Å². The largest absolute Gasteiger partial charge is 0.472 e. The molecule has 10 heteroatoms. The molecule has 2 aliphatic rings. The molecule has 0 radical (unpaired) electrons. The van der Waals surface area contributed by atoms with Crippen molar-refractivity contribution in [2.75, 3.05) is 6.54 Å². The zero-order valence-electron chi connectivity index (χ0n) is 17.2. The van der Waals surface area contributed by atoms with E-state index in [-0.39, 0.29) is 34.8 Å². The highest BCUT2D eigenvalue weighted by atomic mass is 19.4. The van der Waals surface area contributed by atoms with Crippen molar-refractivity contribution in [3.8, 4) is 17.3 Å². The van der Waals surface area contributed by atoms with Crippen LogP contribution in [0, 0.1) is 11.7 Å². The zero-order chi connectivity index (χ0) is 23.2. The van der Waals surface area contributed by atoms with E-state index in [2.05, 4.69) is 15.0 Å². The minimum absolute atomic E-state index is 0.0166. The van der Waals surface area contributed by atoms with E-state index < -0.39 is 29.7 Å². The van der Waals surface area contributed by atoms with Crippen LogP contribution in [-0.4, -0.2) is 44.4 Å².